The highest BCUT2D eigenvalue weighted by atomic mass is 79.9. The number of nitrogens with one attached hydrogen (secondary N) is 1. The van der Waals surface area contributed by atoms with E-state index in [-0.39, 0.29) is 11.8 Å². The first-order chi connectivity index (χ1) is 9.61. The van der Waals surface area contributed by atoms with Crippen LogP contribution in [0.5, 0.6) is 0 Å². The Hall–Kier alpha value is -1.07. The number of benzene rings is 1. The van der Waals surface area contributed by atoms with E-state index < -0.39 is 5.97 Å². The number of halogens is 2. The van der Waals surface area contributed by atoms with Gasteiger partial charge in [0.1, 0.15) is 6.61 Å². The lowest BCUT2D eigenvalue weighted by Gasteiger charge is -2.10. The van der Waals surface area contributed by atoms with Crippen LogP contribution in [0.2, 0.25) is 5.02 Å². The molecule has 1 fully saturated rings. The largest absolute Gasteiger partial charge is 0.461 e. The Morgan fingerprint density at radius 1 is 1.40 bits per heavy atom. The van der Waals surface area contributed by atoms with Gasteiger partial charge in [0.15, 0.2) is 0 Å². The van der Waals surface area contributed by atoms with Crippen molar-refractivity contribution in [1.82, 2.24) is 5.32 Å². The molecule has 1 saturated carbocycles. The molecule has 0 aliphatic heterocycles. The summed E-state index contributed by atoms with van der Waals surface area (Å²) in [5, 5.41) is 3.87. The first-order valence-electron chi connectivity index (χ1n) is 6.41. The lowest BCUT2D eigenvalue weighted by Crippen LogP contribution is -2.25. The van der Waals surface area contributed by atoms with E-state index in [1.807, 2.05) is 0 Å². The van der Waals surface area contributed by atoms with E-state index in [0.29, 0.717) is 34.6 Å². The van der Waals surface area contributed by atoms with E-state index in [4.69, 9.17) is 16.3 Å². The SMILES string of the molecule is O=C(OCCBr)c1cc(Cl)ccc1CNC(=O)C1CC1. The van der Waals surface area contributed by atoms with Crippen LogP contribution in [-0.4, -0.2) is 23.8 Å². The number of carbonyl (C=O) groups excluding carboxylic acids is 2. The first-order valence-corrected chi connectivity index (χ1v) is 7.91. The molecule has 1 aromatic carbocycles. The summed E-state index contributed by atoms with van der Waals surface area (Å²) >= 11 is 9.11. The fourth-order valence-electron chi connectivity index (χ4n) is 1.77. The van der Waals surface area contributed by atoms with Crippen molar-refractivity contribution in [2.45, 2.75) is 19.4 Å². The minimum Gasteiger partial charge on any atom is -0.461 e. The van der Waals surface area contributed by atoms with Crippen LogP contribution in [0.4, 0.5) is 0 Å². The van der Waals surface area contributed by atoms with Crippen LogP contribution in [-0.2, 0) is 16.1 Å². The molecule has 108 valence electrons. The molecule has 0 unspecified atom stereocenters. The second-order valence-corrected chi connectivity index (χ2v) is 5.85. The van der Waals surface area contributed by atoms with E-state index in [1.165, 1.54) is 0 Å². The predicted molar refractivity (Wildman–Crippen MR) is 80.1 cm³/mol. The second kappa shape index (κ2) is 7.09. The van der Waals surface area contributed by atoms with E-state index in [9.17, 15) is 9.59 Å². The van der Waals surface area contributed by atoms with Crippen molar-refractivity contribution in [3.05, 3.63) is 34.3 Å². The standard InChI is InChI=1S/C14H15BrClNO3/c15-5-6-20-14(19)12-7-11(16)4-3-10(12)8-17-13(18)9-1-2-9/h3-4,7,9H,1-2,5-6,8H2,(H,17,18). The number of esters is 1. The van der Waals surface area contributed by atoms with Crippen molar-refractivity contribution in [1.29, 1.82) is 0 Å². The molecule has 20 heavy (non-hydrogen) atoms. The number of amides is 1. The summed E-state index contributed by atoms with van der Waals surface area (Å²) in [6.07, 6.45) is 1.90. The average Bonchev–Trinajstić information content (AvgIpc) is 3.27. The lowest BCUT2D eigenvalue weighted by atomic mass is 10.1. The zero-order chi connectivity index (χ0) is 14.5. The van der Waals surface area contributed by atoms with E-state index in [1.54, 1.807) is 18.2 Å². The van der Waals surface area contributed by atoms with Gasteiger partial charge in [0.05, 0.1) is 5.56 Å². The van der Waals surface area contributed by atoms with Crippen LogP contribution in [0, 0.1) is 5.92 Å². The molecule has 1 N–H and O–H groups in total. The quantitative estimate of drug-likeness (QED) is 0.627. The number of ether oxygens (including phenoxy) is 1. The molecule has 0 radical (unpaired) electrons. The summed E-state index contributed by atoms with van der Waals surface area (Å²) in [4.78, 5) is 23.6. The van der Waals surface area contributed by atoms with Crippen molar-refractivity contribution < 1.29 is 14.3 Å². The van der Waals surface area contributed by atoms with Crippen LogP contribution in [0.15, 0.2) is 18.2 Å². The van der Waals surface area contributed by atoms with Crippen molar-refractivity contribution in [3.63, 3.8) is 0 Å². The molecule has 4 nitrogen and oxygen atoms in total. The Balaban J connectivity index is 2.06. The molecule has 1 aromatic rings. The molecule has 6 heteroatoms. The zero-order valence-electron chi connectivity index (χ0n) is 10.8. The third kappa shape index (κ3) is 4.21. The third-order valence-electron chi connectivity index (χ3n) is 3.00. The fourth-order valence-corrected chi connectivity index (χ4v) is 2.11. The van der Waals surface area contributed by atoms with E-state index >= 15 is 0 Å². The number of alkyl halides is 1. The van der Waals surface area contributed by atoms with Gasteiger partial charge < -0.3 is 10.1 Å². The number of hydrogen-bond acceptors (Lipinski definition) is 3. The van der Waals surface area contributed by atoms with Crippen LogP contribution in [0.1, 0.15) is 28.8 Å². The highest BCUT2D eigenvalue weighted by Crippen LogP contribution is 2.29. The van der Waals surface area contributed by atoms with Crippen molar-refractivity contribution >= 4 is 39.4 Å². The molecule has 0 atom stereocenters. The highest BCUT2D eigenvalue weighted by Gasteiger charge is 2.29. The molecular weight excluding hydrogens is 346 g/mol. The van der Waals surface area contributed by atoms with E-state index in [2.05, 4.69) is 21.2 Å². The summed E-state index contributed by atoms with van der Waals surface area (Å²) in [5.74, 6) is -0.242. The van der Waals surface area contributed by atoms with Crippen molar-refractivity contribution in [2.24, 2.45) is 5.92 Å². The molecule has 1 amide bonds. The van der Waals surface area contributed by atoms with Gasteiger partial charge in [-0.25, -0.2) is 4.79 Å². The van der Waals surface area contributed by atoms with Crippen LogP contribution >= 0.6 is 27.5 Å². The monoisotopic (exact) mass is 359 g/mol. The summed E-state index contributed by atoms with van der Waals surface area (Å²) in [6, 6.07) is 5.00. The molecule has 0 heterocycles. The smallest absolute Gasteiger partial charge is 0.338 e. The fraction of sp³-hybridized carbons (Fsp3) is 0.429. The summed E-state index contributed by atoms with van der Waals surface area (Å²) in [7, 11) is 0. The minimum absolute atomic E-state index is 0.0414. The third-order valence-corrected chi connectivity index (χ3v) is 3.56. The minimum atomic E-state index is -0.428. The van der Waals surface area contributed by atoms with Gasteiger partial charge >= 0.3 is 5.97 Å². The second-order valence-electron chi connectivity index (χ2n) is 4.62. The predicted octanol–water partition coefficient (Wildman–Crippen LogP) is 2.92. The van der Waals surface area contributed by atoms with Crippen LogP contribution in [0.25, 0.3) is 0 Å². The van der Waals surface area contributed by atoms with Gasteiger partial charge in [0, 0.05) is 22.8 Å². The van der Waals surface area contributed by atoms with Crippen molar-refractivity contribution in [2.75, 3.05) is 11.9 Å². The number of carbonyl (C=O) groups is 2. The zero-order valence-corrected chi connectivity index (χ0v) is 13.2. The Labute approximate surface area is 131 Å². The van der Waals surface area contributed by atoms with Gasteiger partial charge in [0.25, 0.3) is 0 Å². The van der Waals surface area contributed by atoms with Crippen LogP contribution in [0.3, 0.4) is 0 Å². The van der Waals surface area contributed by atoms with Gasteiger partial charge in [-0.2, -0.15) is 0 Å². The number of hydrogen-bond donors (Lipinski definition) is 1. The van der Waals surface area contributed by atoms with Gasteiger partial charge in [-0.05, 0) is 30.5 Å². The Kier molecular flexibility index (Phi) is 5.43. The number of rotatable bonds is 6. The maximum Gasteiger partial charge on any atom is 0.338 e. The molecule has 0 saturated heterocycles. The van der Waals surface area contributed by atoms with E-state index in [0.717, 1.165) is 12.8 Å². The maximum absolute atomic E-state index is 12.0. The molecule has 1 aliphatic rings. The van der Waals surface area contributed by atoms with Gasteiger partial charge in [-0.3, -0.25) is 4.79 Å². The topological polar surface area (TPSA) is 55.4 Å². The Morgan fingerprint density at radius 3 is 2.80 bits per heavy atom. The molecule has 0 spiro atoms. The highest BCUT2D eigenvalue weighted by molar-refractivity contribution is 9.09. The Morgan fingerprint density at radius 2 is 2.15 bits per heavy atom. The lowest BCUT2D eigenvalue weighted by molar-refractivity contribution is -0.122. The molecular formula is C14H15BrClNO3. The summed E-state index contributed by atoms with van der Waals surface area (Å²) in [5.41, 5.74) is 1.11. The normalized spacial score (nSPS) is 13.9. The van der Waals surface area contributed by atoms with Gasteiger partial charge in [0.2, 0.25) is 5.91 Å². The summed E-state index contributed by atoms with van der Waals surface area (Å²) < 4.78 is 5.08. The maximum atomic E-state index is 12.0. The van der Waals surface area contributed by atoms with Gasteiger partial charge in [-0.1, -0.05) is 33.6 Å². The molecule has 2 rings (SSSR count). The first kappa shape index (κ1) is 15.3. The molecule has 1 aliphatic carbocycles. The molecule has 0 bridgehead atoms. The summed E-state index contributed by atoms with van der Waals surface area (Å²) in [6.45, 7) is 0.602. The Bertz CT molecular complexity index is 517. The molecule has 0 aromatic heterocycles. The van der Waals surface area contributed by atoms with Crippen molar-refractivity contribution in [3.8, 4) is 0 Å². The van der Waals surface area contributed by atoms with Gasteiger partial charge in [-0.15, -0.1) is 0 Å². The van der Waals surface area contributed by atoms with Crippen LogP contribution < -0.4 is 5.32 Å². The average molecular weight is 361 g/mol.